The summed E-state index contributed by atoms with van der Waals surface area (Å²) < 4.78 is 10.5. The van der Waals surface area contributed by atoms with Crippen LogP contribution in [0.4, 0.5) is 0 Å². The molecule has 0 spiro atoms. The molecule has 1 aliphatic heterocycles. The molecular weight excluding hydrogens is 368 g/mol. The summed E-state index contributed by atoms with van der Waals surface area (Å²) in [4.78, 5) is 28.3. The standard InChI is InChI=1S/C23H26N2O4/c1-23(2,3)29-21(26)14-10-9-13(11-14)19-20-16(12-18(25-19)22(27)28-4)15-7-5-6-8-17(15)24-20/h5-11,13,18-19,24-25H,12H2,1-4H3/t13?,18-,19+/m1/s1. The van der Waals surface area contributed by atoms with Gasteiger partial charge in [-0.3, -0.25) is 10.1 Å². The SMILES string of the molecule is COC(=O)[C@H]1Cc2c([nH]c3ccccc23)[C@H](C2C=CC(C(=O)OC(C)(C)C)=C2)N1. The van der Waals surface area contributed by atoms with Crippen LogP contribution in [-0.2, 0) is 25.5 Å². The number of benzene rings is 1. The number of nitrogens with one attached hydrogen (secondary N) is 2. The van der Waals surface area contributed by atoms with E-state index in [1.54, 1.807) is 6.08 Å². The molecule has 29 heavy (non-hydrogen) atoms. The minimum Gasteiger partial charge on any atom is -0.468 e. The molecule has 0 saturated heterocycles. The number of aromatic amines is 1. The highest BCUT2D eigenvalue weighted by Crippen LogP contribution is 2.38. The summed E-state index contributed by atoms with van der Waals surface area (Å²) in [7, 11) is 1.40. The monoisotopic (exact) mass is 394 g/mol. The van der Waals surface area contributed by atoms with Crippen molar-refractivity contribution in [2.75, 3.05) is 7.11 Å². The summed E-state index contributed by atoms with van der Waals surface area (Å²) in [5, 5.41) is 4.53. The molecule has 0 radical (unpaired) electrons. The van der Waals surface area contributed by atoms with Gasteiger partial charge in [-0.2, -0.15) is 0 Å². The summed E-state index contributed by atoms with van der Waals surface area (Å²) in [5.74, 6) is -0.713. The van der Waals surface area contributed by atoms with E-state index in [-0.39, 0.29) is 23.9 Å². The lowest BCUT2D eigenvalue weighted by molar-refractivity contribution is -0.149. The second-order valence-corrected chi connectivity index (χ2v) is 8.55. The average Bonchev–Trinajstić information content (AvgIpc) is 3.30. The quantitative estimate of drug-likeness (QED) is 0.781. The molecule has 2 aliphatic rings. The zero-order valence-electron chi connectivity index (χ0n) is 17.1. The molecule has 1 aromatic heterocycles. The van der Waals surface area contributed by atoms with Crippen LogP contribution in [0.1, 0.15) is 38.1 Å². The Bertz CT molecular complexity index is 1030. The number of para-hydroxylation sites is 1. The van der Waals surface area contributed by atoms with E-state index in [1.807, 2.05) is 51.1 Å². The van der Waals surface area contributed by atoms with Gasteiger partial charge in [-0.1, -0.05) is 36.4 Å². The fraction of sp³-hybridized carbons (Fsp3) is 0.391. The van der Waals surface area contributed by atoms with Gasteiger partial charge in [0.1, 0.15) is 11.6 Å². The molecule has 4 rings (SSSR count). The second kappa shape index (κ2) is 7.19. The molecule has 2 aromatic rings. The Morgan fingerprint density at radius 3 is 2.66 bits per heavy atom. The lowest BCUT2D eigenvalue weighted by Crippen LogP contribution is -2.46. The van der Waals surface area contributed by atoms with Crippen molar-refractivity contribution in [3.8, 4) is 0 Å². The predicted molar refractivity (Wildman–Crippen MR) is 110 cm³/mol. The van der Waals surface area contributed by atoms with Crippen LogP contribution in [0.3, 0.4) is 0 Å². The second-order valence-electron chi connectivity index (χ2n) is 8.55. The van der Waals surface area contributed by atoms with Gasteiger partial charge in [-0.15, -0.1) is 0 Å². The number of hydrogen-bond donors (Lipinski definition) is 2. The highest BCUT2D eigenvalue weighted by Gasteiger charge is 2.37. The Balaban J connectivity index is 1.69. The number of rotatable bonds is 3. The maximum atomic E-state index is 12.5. The number of fused-ring (bicyclic) bond motifs is 3. The highest BCUT2D eigenvalue weighted by atomic mass is 16.6. The van der Waals surface area contributed by atoms with Crippen LogP contribution in [0.5, 0.6) is 0 Å². The molecule has 152 valence electrons. The van der Waals surface area contributed by atoms with Gasteiger partial charge in [0.15, 0.2) is 0 Å². The van der Waals surface area contributed by atoms with Gasteiger partial charge in [-0.25, -0.2) is 4.79 Å². The Morgan fingerprint density at radius 2 is 1.93 bits per heavy atom. The molecule has 6 heteroatoms. The first-order valence-electron chi connectivity index (χ1n) is 9.83. The summed E-state index contributed by atoms with van der Waals surface area (Å²) in [6, 6.07) is 7.46. The Morgan fingerprint density at radius 1 is 1.17 bits per heavy atom. The first-order valence-corrected chi connectivity index (χ1v) is 9.83. The fourth-order valence-corrected chi connectivity index (χ4v) is 4.08. The summed E-state index contributed by atoms with van der Waals surface area (Å²) in [6.45, 7) is 5.55. The summed E-state index contributed by atoms with van der Waals surface area (Å²) in [5.41, 5.74) is 3.18. The molecule has 6 nitrogen and oxygen atoms in total. The van der Waals surface area contributed by atoms with E-state index in [1.165, 1.54) is 7.11 Å². The van der Waals surface area contributed by atoms with Crippen molar-refractivity contribution in [1.29, 1.82) is 0 Å². The van der Waals surface area contributed by atoms with Crippen LogP contribution in [0.25, 0.3) is 10.9 Å². The van der Waals surface area contributed by atoms with Gasteiger partial charge >= 0.3 is 11.9 Å². The normalized spacial score (nSPS) is 23.6. The first-order chi connectivity index (χ1) is 13.8. The summed E-state index contributed by atoms with van der Waals surface area (Å²) >= 11 is 0. The maximum absolute atomic E-state index is 12.5. The molecule has 1 aliphatic carbocycles. The lowest BCUT2D eigenvalue weighted by Gasteiger charge is -2.32. The number of carbonyl (C=O) groups excluding carboxylic acids is 2. The molecule has 0 amide bonds. The molecule has 2 heterocycles. The van der Waals surface area contributed by atoms with Gasteiger partial charge in [0.05, 0.1) is 18.7 Å². The lowest BCUT2D eigenvalue weighted by atomic mass is 9.87. The zero-order valence-corrected chi connectivity index (χ0v) is 17.1. The molecular formula is C23H26N2O4. The van der Waals surface area contributed by atoms with E-state index in [0.29, 0.717) is 12.0 Å². The maximum Gasteiger partial charge on any atom is 0.338 e. The fourth-order valence-electron chi connectivity index (χ4n) is 4.08. The van der Waals surface area contributed by atoms with Crippen molar-refractivity contribution >= 4 is 22.8 Å². The van der Waals surface area contributed by atoms with Crippen LogP contribution < -0.4 is 5.32 Å². The molecule has 0 fully saturated rings. The number of esters is 2. The van der Waals surface area contributed by atoms with E-state index >= 15 is 0 Å². The van der Waals surface area contributed by atoms with Gasteiger partial charge < -0.3 is 14.5 Å². The molecule has 1 aromatic carbocycles. The minimum atomic E-state index is -0.548. The van der Waals surface area contributed by atoms with Gasteiger partial charge in [0.25, 0.3) is 0 Å². The third kappa shape index (κ3) is 3.72. The van der Waals surface area contributed by atoms with E-state index in [0.717, 1.165) is 22.2 Å². The van der Waals surface area contributed by atoms with Crippen molar-refractivity contribution < 1.29 is 19.1 Å². The zero-order chi connectivity index (χ0) is 20.8. The Labute approximate surface area is 170 Å². The minimum absolute atomic E-state index is 0.0863. The molecule has 2 N–H and O–H groups in total. The van der Waals surface area contributed by atoms with Crippen LogP contribution in [0, 0.1) is 5.92 Å². The van der Waals surface area contributed by atoms with Crippen molar-refractivity contribution in [2.45, 2.75) is 44.9 Å². The van der Waals surface area contributed by atoms with E-state index < -0.39 is 11.6 Å². The van der Waals surface area contributed by atoms with Crippen molar-refractivity contribution in [2.24, 2.45) is 5.92 Å². The number of ether oxygens (including phenoxy) is 2. The number of carbonyl (C=O) groups is 2. The van der Waals surface area contributed by atoms with Crippen LogP contribution >= 0.6 is 0 Å². The highest BCUT2D eigenvalue weighted by molar-refractivity contribution is 5.93. The molecule has 0 bridgehead atoms. The number of aromatic nitrogens is 1. The smallest absolute Gasteiger partial charge is 0.338 e. The largest absolute Gasteiger partial charge is 0.468 e. The number of methoxy groups -OCH3 is 1. The van der Waals surface area contributed by atoms with Crippen molar-refractivity contribution in [3.05, 3.63) is 59.3 Å². The first kappa shape index (κ1) is 19.5. The molecule has 0 saturated carbocycles. The summed E-state index contributed by atoms with van der Waals surface area (Å²) in [6.07, 6.45) is 6.23. The van der Waals surface area contributed by atoms with Crippen molar-refractivity contribution in [3.63, 3.8) is 0 Å². The van der Waals surface area contributed by atoms with Gasteiger partial charge in [-0.05, 0) is 32.4 Å². The number of hydrogen-bond acceptors (Lipinski definition) is 5. The predicted octanol–water partition coefficient (Wildman–Crippen LogP) is 3.35. The van der Waals surface area contributed by atoms with E-state index in [9.17, 15) is 9.59 Å². The Hall–Kier alpha value is -2.86. The average molecular weight is 394 g/mol. The van der Waals surface area contributed by atoms with Crippen LogP contribution in [0.2, 0.25) is 0 Å². The Kier molecular flexibility index (Phi) is 4.82. The van der Waals surface area contributed by atoms with E-state index in [2.05, 4.69) is 16.4 Å². The van der Waals surface area contributed by atoms with Crippen LogP contribution in [-0.4, -0.2) is 35.7 Å². The topological polar surface area (TPSA) is 80.4 Å². The van der Waals surface area contributed by atoms with E-state index in [4.69, 9.17) is 9.47 Å². The van der Waals surface area contributed by atoms with Crippen LogP contribution in [0.15, 0.2) is 48.1 Å². The third-order valence-electron chi connectivity index (χ3n) is 5.32. The third-order valence-corrected chi connectivity index (χ3v) is 5.32. The van der Waals surface area contributed by atoms with Gasteiger partial charge in [0.2, 0.25) is 0 Å². The van der Waals surface area contributed by atoms with Gasteiger partial charge in [0, 0.05) is 28.9 Å². The molecule has 3 atom stereocenters. The van der Waals surface area contributed by atoms with Crippen molar-refractivity contribution in [1.82, 2.24) is 10.3 Å². The number of H-pyrrole nitrogens is 1. The molecule has 1 unspecified atom stereocenters.